The number of hydrogen-bond acceptors (Lipinski definition) is 2. The molecule has 0 bridgehead atoms. The van der Waals surface area contributed by atoms with Crippen molar-refractivity contribution < 1.29 is 0 Å². The van der Waals surface area contributed by atoms with E-state index < -0.39 is 0 Å². The van der Waals surface area contributed by atoms with Gasteiger partial charge in [-0.1, -0.05) is 0 Å². The first kappa shape index (κ1) is 8.42. The SMILES string of the molecule is O=c1c2ccccc2[se]c2ccsc12. The Bertz CT molecular complexity index is 665. The molecule has 1 aromatic carbocycles. The van der Waals surface area contributed by atoms with Crippen LogP contribution >= 0.6 is 11.3 Å². The fourth-order valence-electron chi connectivity index (χ4n) is 1.53. The van der Waals surface area contributed by atoms with Crippen molar-refractivity contribution in [2.75, 3.05) is 0 Å². The van der Waals surface area contributed by atoms with Crippen molar-refractivity contribution in [3.8, 4) is 0 Å². The number of rotatable bonds is 0. The van der Waals surface area contributed by atoms with Crippen LogP contribution in [-0.4, -0.2) is 14.5 Å². The van der Waals surface area contributed by atoms with Gasteiger partial charge in [0.25, 0.3) is 0 Å². The van der Waals surface area contributed by atoms with Gasteiger partial charge in [0.15, 0.2) is 0 Å². The maximum atomic E-state index is 12.0. The molecular weight excluding hydrogens is 259 g/mol. The van der Waals surface area contributed by atoms with Crippen molar-refractivity contribution in [2.24, 2.45) is 0 Å². The molecule has 0 aliphatic carbocycles. The van der Waals surface area contributed by atoms with Crippen molar-refractivity contribution in [1.82, 2.24) is 0 Å². The van der Waals surface area contributed by atoms with E-state index in [0.717, 1.165) is 10.1 Å². The van der Waals surface area contributed by atoms with Crippen LogP contribution in [0.15, 0.2) is 40.5 Å². The predicted octanol–water partition coefficient (Wildman–Crippen LogP) is 2.47. The molecule has 0 fully saturated rings. The summed E-state index contributed by atoms with van der Waals surface area (Å²) < 4.78 is 3.41. The van der Waals surface area contributed by atoms with Crippen LogP contribution in [0.1, 0.15) is 0 Å². The van der Waals surface area contributed by atoms with E-state index in [4.69, 9.17) is 0 Å². The van der Waals surface area contributed by atoms with E-state index in [2.05, 4.69) is 12.1 Å². The second-order valence-corrected chi connectivity index (χ2v) is 6.23. The number of benzene rings is 1. The third-order valence-corrected chi connectivity index (χ3v) is 5.78. The normalized spacial score (nSPS) is 11.1. The zero-order chi connectivity index (χ0) is 9.54. The predicted molar refractivity (Wildman–Crippen MR) is 62.5 cm³/mol. The van der Waals surface area contributed by atoms with Gasteiger partial charge >= 0.3 is 90.4 Å². The molecule has 0 aliphatic heterocycles. The van der Waals surface area contributed by atoms with E-state index in [1.165, 1.54) is 8.52 Å². The van der Waals surface area contributed by atoms with Gasteiger partial charge in [-0.15, -0.1) is 0 Å². The van der Waals surface area contributed by atoms with Crippen LogP contribution in [0.4, 0.5) is 0 Å². The minimum atomic E-state index is 0.207. The van der Waals surface area contributed by atoms with Gasteiger partial charge in [-0.25, -0.2) is 0 Å². The molecular formula is C11H6OSSe. The Morgan fingerprint density at radius 2 is 1.93 bits per heavy atom. The minimum absolute atomic E-state index is 0.207. The van der Waals surface area contributed by atoms with Crippen LogP contribution in [-0.2, 0) is 0 Å². The molecule has 0 amide bonds. The number of fused-ring (bicyclic) bond motifs is 2. The Hall–Kier alpha value is -0.891. The average Bonchev–Trinajstić information content (AvgIpc) is 2.66. The summed E-state index contributed by atoms with van der Waals surface area (Å²) in [5.41, 5.74) is 0.207. The molecule has 2 aromatic heterocycles. The van der Waals surface area contributed by atoms with E-state index in [1.807, 2.05) is 23.6 Å². The molecule has 0 saturated carbocycles. The van der Waals surface area contributed by atoms with E-state index in [0.29, 0.717) is 14.5 Å². The molecule has 0 saturated heterocycles. The fraction of sp³-hybridized carbons (Fsp3) is 0. The zero-order valence-electron chi connectivity index (χ0n) is 7.19. The van der Waals surface area contributed by atoms with Gasteiger partial charge in [0.2, 0.25) is 0 Å². The molecule has 0 unspecified atom stereocenters. The summed E-state index contributed by atoms with van der Waals surface area (Å²) in [5, 5.41) is 2.92. The molecule has 3 aromatic rings. The third kappa shape index (κ3) is 1.10. The molecule has 68 valence electrons. The fourth-order valence-corrected chi connectivity index (χ4v) is 5.03. The van der Waals surface area contributed by atoms with Crippen molar-refractivity contribution in [3.63, 3.8) is 0 Å². The van der Waals surface area contributed by atoms with Crippen molar-refractivity contribution >= 4 is 44.4 Å². The van der Waals surface area contributed by atoms with E-state index >= 15 is 0 Å². The Balaban J connectivity index is 2.70. The Kier molecular flexibility index (Phi) is 1.84. The van der Waals surface area contributed by atoms with Crippen LogP contribution in [0.3, 0.4) is 0 Å². The van der Waals surface area contributed by atoms with E-state index in [-0.39, 0.29) is 5.43 Å². The van der Waals surface area contributed by atoms with Crippen LogP contribution in [0, 0.1) is 0 Å². The molecule has 3 heteroatoms. The van der Waals surface area contributed by atoms with Crippen molar-refractivity contribution in [3.05, 3.63) is 45.9 Å². The first-order valence-electron chi connectivity index (χ1n) is 4.25. The van der Waals surface area contributed by atoms with Gasteiger partial charge in [0, 0.05) is 0 Å². The van der Waals surface area contributed by atoms with Crippen LogP contribution in [0.25, 0.3) is 18.6 Å². The van der Waals surface area contributed by atoms with Crippen LogP contribution in [0.2, 0.25) is 0 Å². The van der Waals surface area contributed by atoms with Gasteiger partial charge in [-0.3, -0.25) is 0 Å². The first-order chi connectivity index (χ1) is 6.86. The molecule has 3 rings (SSSR count). The summed E-state index contributed by atoms with van der Waals surface area (Å²) in [5.74, 6) is 0. The molecule has 0 spiro atoms. The number of hydrogen-bond donors (Lipinski definition) is 0. The molecule has 0 radical (unpaired) electrons. The second kappa shape index (κ2) is 3.06. The zero-order valence-corrected chi connectivity index (χ0v) is 9.72. The third-order valence-electron chi connectivity index (χ3n) is 2.19. The molecule has 1 nitrogen and oxygen atoms in total. The van der Waals surface area contributed by atoms with Crippen LogP contribution in [0.5, 0.6) is 0 Å². The van der Waals surface area contributed by atoms with E-state index in [9.17, 15) is 4.79 Å². The summed E-state index contributed by atoms with van der Waals surface area (Å²) in [4.78, 5) is 12.0. The van der Waals surface area contributed by atoms with Gasteiger partial charge in [0.05, 0.1) is 0 Å². The quantitative estimate of drug-likeness (QED) is 0.571. The summed E-state index contributed by atoms with van der Waals surface area (Å²) >= 11 is 1.88. The Morgan fingerprint density at radius 1 is 1.07 bits per heavy atom. The Labute approximate surface area is 90.4 Å². The topological polar surface area (TPSA) is 17.1 Å². The van der Waals surface area contributed by atoms with Gasteiger partial charge in [-0.05, 0) is 0 Å². The second-order valence-electron chi connectivity index (χ2n) is 3.04. The monoisotopic (exact) mass is 266 g/mol. The van der Waals surface area contributed by atoms with Gasteiger partial charge < -0.3 is 0 Å². The molecule has 0 aliphatic rings. The average molecular weight is 265 g/mol. The van der Waals surface area contributed by atoms with Gasteiger partial charge in [0.1, 0.15) is 0 Å². The maximum absolute atomic E-state index is 12.0. The summed E-state index contributed by atoms with van der Waals surface area (Å²) in [6.45, 7) is 0. The summed E-state index contributed by atoms with van der Waals surface area (Å²) in [7, 11) is 0. The van der Waals surface area contributed by atoms with Crippen molar-refractivity contribution in [2.45, 2.75) is 0 Å². The number of thiophene rings is 1. The summed E-state index contributed by atoms with van der Waals surface area (Å²) in [6, 6.07) is 10.0. The molecule has 0 atom stereocenters. The molecule has 2 heterocycles. The van der Waals surface area contributed by atoms with Crippen LogP contribution < -0.4 is 5.43 Å². The standard InChI is InChI=1S/C11H6OSSe/c12-10-7-3-1-2-4-8(7)14-9-5-6-13-11(9)10/h1-6H. The summed E-state index contributed by atoms with van der Waals surface area (Å²) in [6.07, 6.45) is 0. The van der Waals surface area contributed by atoms with E-state index in [1.54, 1.807) is 11.3 Å². The first-order valence-corrected chi connectivity index (χ1v) is 6.84. The molecule has 0 N–H and O–H groups in total. The molecule has 14 heavy (non-hydrogen) atoms. The van der Waals surface area contributed by atoms with Gasteiger partial charge in [-0.2, -0.15) is 0 Å². The van der Waals surface area contributed by atoms with Crippen molar-refractivity contribution in [1.29, 1.82) is 0 Å². The Morgan fingerprint density at radius 3 is 2.86 bits per heavy atom.